The summed E-state index contributed by atoms with van der Waals surface area (Å²) in [5, 5.41) is 0. The van der Waals surface area contributed by atoms with E-state index in [9.17, 15) is 8.78 Å². The largest absolute Gasteiger partial charge is 0.459 e. The van der Waals surface area contributed by atoms with E-state index in [1.165, 1.54) is 12.8 Å². The molecule has 0 aliphatic carbocycles. The summed E-state index contributed by atoms with van der Waals surface area (Å²) in [6.07, 6.45) is 14.8. The first kappa shape index (κ1) is 28.2. The molecule has 1 atom stereocenters. The fourth-order valence-electron chi connectivity index (χ4n) is 3.88. The summed E-state index contributed by atoms with van der Waals surface area (Å²) in [7, 11) is 0. The van der Waals surface area contributed by atoms with Crippen molar-refractivity contribution in [1.82, 2.24) is 9.97 Å². The highest BCUT2D eigenvalue weighted by Gasteiger charge is 2.14. The highest BCUT2D eigenvalue weighted by atomic mass is 19.2. The fourth-order valence-corrected chi connectivity index (χ4v) is 3.88. The van der Waals surface area contributed by atoms with Crippen molar-refractivity contribution >= 4 is 6.08 Å². The van der Waals surface area contributed by atoms with Gasteiger partial charge >= 0.3 is 6.01 Å². The van der Waals surface area contributed by atoms with Crippen LogP contribution in [0.3, 0.4) is 0 Å². The van der Waals surface area contributed by atoms with Gasteiger partial charge in [0.1, 0.15) is 6.61 Å². The van der Waals surface area contributed by atoms with E-state index in [0.717, 1.165) is 43.4 Å². The van der Waals surface area contributed by atoms with Crippen LogP contribution in [0.2, 0.25) is 0 Å². The molecule has 0 fully saturated rings. The summed E-state index contributed by atoms with van der Waals surface area (Å²) in [5.74, 6) is -1.69. The van der Waals surface area contributed by atoms with Crippen LogP contribution < -0.4 is 4.74 Å². The van der Waals surface area contributed by atoms with Gasteiger partial charge in [0, 0.05) is 35.7 Å². The molecule has 0 saturated heterocycles. The number of halogens is 2. The van der Waals surface area contributed by atoms with Gasteiger partial charge in [-0.15, -0.1) is 0 Å². The second-order valence-electron chi connectivity index (χ2n) is 8.98. The third kappa shape index (κ3) is 8.60. The number of hydrogen-bond acceptors (Lipinski definition) is 4. The van der Waals surface area contributed by atoms with Crippen LogP contribution >= 0.6 is 0 Å². The van der Waals surface area contributed by atoms with Crippen molar-refractivity contribution in [3.05, 3.63) is 84.7 Å². The number of unbranched alkanes of at least 4 members (excludes halogenated alkanes) is 3. The van der Waals surface area contributed by atoms with E-state index >= 15 is 0 Å². The molecule has 0 N–H and O–H groups in total. The topological polar surface area (TPSA) is 44.2 Å². The average molecular weight is 507 g/mol. The van der Waals surface area contributed by atoms with Crippen LogP contribution in [-0.4, -0.2) is 29.3 Å². The van der Waals surface area contributed by atoms with E-state index in [0.29, 0.717) is 12.2 Å². The van der Waals surface area contributed by atoms with Gasteiger partial charge in [0.25, 0.3) is 0 Å². The predicted octanol–water partition coefficient (Wildman–Crippen LogP) is 8.43. The lowest BCUT2D eigenvalue weighted by molar-refractivity contribution is 0.0566. The minimum Gasteiger partial charge on any atom is -0.459 e. The highest BCUT2D eigenvalue weighted by molar-refractivity contribution is 5.71. The molecule has 2 aromatic carbocycles. The third-order valence-corrected chi connectivity index (χ3v) is 6.03. The van der Waals surface area contributed by atoms with Crippen LogP contribution in [0.15, 0.2) is 67.5 Å². The van der Waals surface area contributed by atoms with Crippen molar-refractivity contribution in [3.8, 4) is 28.3 Å². The zero-order chi connectivity index (χ0) is 26.5. The smallest absolute Gasteiger partial charge is 0.316 e. The summed E-state index contributed by atoms with van der Waals surface area (Å²) in [5.41, 5.74) is 2.72. The molecule has 4 nitrogen and oxygen atoms in total. The van der Waals surface area contributed by atoms with Gasteiger partial charge in [-0.05, 0) is 43.7 Å². The molecule has 1 aromatic heterocycles. The predicted molar refractivity (Wildman–Crippen MR) is 146 cm³/mol. The Balaban J connectivity index is 1.56. The van der Waals surface area contributed by atoms with Crippen LogP contribution in [0.25, 0.3) is 28.3 Å². The van der Waals surface area contributed by atoms with Crippen LogP contribution in [0.4, 0.5) is 8.78 Å². The summed E-state index contributed by atoms with van der Waals surface area (Å²) in [6.45, 7) is 8.98. The zero-order valence-corrected chi connectivity index (χ0v) is 21.8. The maximum Gasteiger partial charge on any atom is 0.316 e. The molecule has 0 aliphatic rings. The van der Waals surface area contributed by atoms with E-state index in [-0.39, 0.29) is 23.2 Å². The maximum absolute atomic E-state index is 14.9. The molecule has 37 heavy (non-hydrogen) atoms. The van der Waals surface area contributed by atoms with Crippen molar-refractivity contribution in [2.75, 3.05) is 13.2 Å². The molecule has 0 amide bonds. The molecular weight excluding hydrogens is 470 g/mol. The van der Waals surface area contributed by atoms with Gasteiger partial charge in [-0.3, -0.25) is 0 Å². The van der Waals surface area contributed by atoms with Crippen molar-refractivity contribution in [1.29, 1.82) is 0 Å². The number of hydrogen-bond donors (Lipinski definition) is 0. The molecule has 196 valence electrons. The van der Waals surface area contributed by atoms with Crippen molar-refractivity contribution < 1.29 is 18.3 Å². The summed E-state index contributed by atoms with van der Waals surface area (Å²) in [6, 6.07) is 10.7. The number of ether oxygens (including phenoxy) is 2. The normalized spacial score (nSPS) is 12.1. The molecule has 3 rings (SSSR count). The second-order valence-corrected chi connectivity index (χ2v) is 8.98. The van der Waals surface area contributed by atoms with Crippen LogP contribution in [0.1, 0.15) is 57.9 Å². The summed E-state index contributed by atoms with van der Waals surface area (Å²) >= 11 is 0. The van der Waals surface area contributed by atoms with E-state index < -0.39 is 11.6 Å². The lowest BCUT2D eigenvalue weighted by Crippen LogP contribution is -2.08. The molecule has 3 aromatic rings. The zero-order valence-electron chi connectivity index (χ0n) is 21.8. The number of nitrogens with zero attached hydrogens (tertiary/aromatic N) is 2. The van der Waals surface area contributed by atoms with E-state index in [4.69, 9.17) is 9.47 Å². The molecule has 0 aliphatic heterocycles. The SMILES string of the molecule is C=CCOc1ncc(-c2ccc(-c3ccc(/C=C/CCCC(C)OCCCCC)c(F)c3F)cc2)cn1. The van der Waals surface area contributed by atoms with Gasteiger partial charge in [0.05, 0.1) is 6.10 Å². The highest BCUT2D eigenvalue weighted by Crippen LogP contribution is 2.29. The molecule has 0 bridgehead atoms. The summed E-state index contributed by atoms with van der Waals surface area (Å²) in [4.78, 5) is 8.34. The lowest BCUT2D eigenvalue weighted by atomic mass is 9.99. The van der Waals surface area contributed by atoms with Gasteiger partial charge in [-0.2, -0.15) is 0 Å². The van der Waals surface area contributed by atoms with Gasteiger partial charge in [0.15, 0.2) is 11.6 Å². The Morgan fingerprint density at radius 3 is 2.35 bits per heavy atom. The van der Waals surface area contributed by atoms with Gasteiger partial charge in [-0.1, -0.05) is 81.0 Å². The minimum absolute atomic E-state index is 0.216. The molecule has 1 unspecified atom stereocenters. The minimum atomic E-state index is -0.851. The Morgan fingerprint density at radius 2 is 1.65 bits per heavy atom. The number of benzene rings is 2. The van der Waals surface area contributed by atoms with Crippen LogP contribution in [0, 0.1) is 11.6 Å². The monoisotopic (exact) mass is 506 g/mol. The molecule has 0 radical (unpaired) electrons. The number of aromatic nitrogens is 2. The average Bonchev–Trinajstić information content (AvgIpc) is 2.92. The van der Waals surface area contributed by atoms with E-state index in [1.807, 2.05) is 18.2 Å². The molecular formula is C31H36F2N2O2. The summed E-state index contributed by atoms with van der Waals surface area (Å²) < 4.78 is 40.8. The molecule has 0 saturated carbocycles. The fraction of sp³-hybridized carbons (Fsp3) is 0.355. The Morgan fingerprint density at radius 1 is 0.919 bits per heavy atom. The number of allylic oxidation sites excluding steroid dienone is 1. The van der Waals surface area contributed by atoms with Crippen LogP contribution in [0.5, 0.6) is 6.01 Å². The second kappa shape index (κ2) is 15.0. The number of rotatable bonds is 15. The first-order valence-corrected chi connectivity index (χ1v) is 13.0. The molecule has 6 heteroatoms. The quantitative estimate of drug-likeness (QED) is 0.153. The first-order chi connectivity index (χ1) is 18.0. The van der Waals surface area contributed by atoms with Crippen molar-refractivity contribution in [2.24, 2.45) is 0 Å². The molecule has 1 heterocycles. The van der Waals surface area contributed by atoms with E-state index in [1.54, 1.807) is 48.8 Å². The van der Waals surface area contributed by atoms with Crippen molar-refractivity contribution in [3.63, 3.8) is 0 Å². The lowest BCUT2D eigenvalue weighted by Gasteiger charge is -2.12. The Kier molecular flexibility index (Phi) is 11.4. The van der Waals surface area contributed by atoms with Gasteiger partial charge in [0.2, 0.25) is 0 Å². The first-order valence-electron chi connectivity index (χ1n) is 13.0. The molecule has 0 spiro atoms. The Hall–Kier alpha value is -3.38. The van der Waals surface area contributed by atoms with Crippen molar-refractivity contribution in [2.45, 2.75) is 58.5 Å². The van der Waals surface area contributed by atoms with Gasteiger partial charge < -0.3 is 9.47 Å². The maximum atomic E-state index is 14.9. The van der Waals surface area contributed by atoms with Crippen LogP contribution in [-0.2, 0) is 4.74 Å². The van der Waals surface area contributed by atoms with Gasteiger partial charge in [-0.25, -0.2) is 18.7 Å². The Bertz CT molecular complexity index is 1150. The standard InChI is InChI=1S/C31H36F2N2O2/c1-4-6-10-20-36-23(3)11-8-7-9-12-26-17-18-28(30(33)29(26)32)25-15-13-24(14-16-25)27-21-34-31(35-22-27)37-19-5-2/h5,9,12-18,21-23H,2,4,6-8,10-11,19-20H2,1,3H3/b12-9+. The Labute approximate surface area is 219 Å². The third-order valence-electron chi connectivity index (χ3n) is 6.03. The van der Waals surface area contributed by atoms with E-state index in [2.05, 4.69) is 30.4 Å².